The van der Waals surface area contributed by atoms with Gasteiger partial charge in [0.05, 0.1) is 18.3 Å². The molecule has 2 N–H and O–H groups in total. The van der Waals surface area contributed by atoms with E-state index in [1.165, 1.54) is 18.2 Å². The van der Waals surface area contributed by atoms with E-state index < -0.39 is 17.8 Å². The second-order valence-electron chi connectivity index (χ2n) is 4.25. The molecule has 0 amide bonds. The first kappa shape index (κ1) is 15.8. The van der Waals surface area contributed by atoms with Gasteiger partial charge in [-0.3, -0.25) is 0 Å². The number of aliphatic hydroxyl groups excluding tert-OH is 1. The number of hydrogen-bond acceptors (Lipinski definition) is 3. The molecule has 1 atom stereocenters. The summed E-state index contributed by atoms with van der Waals surface area (Å²) in [5.74, 6) is -0.148. The van der Waals surface area contributed by atoms with Gasteiger partial charge in [0, 0.05) is 6.54 Å². The van der Waals surface area contributed by atoms with E-state index in [1.54, 1.807) is 6.92 Å². The van der Waals surface area contributed by atoms with E-state index in [0.717, 1.165) is 6.07 Å². The summed E-state index contributed by atoms with van der Waals surface area (Å²) in [6, 6.07) is 5.16. The van der Waals surface area contributed by atoms with Crippen LogP contribution in [0.3, 0.4) is 0 Å². The van der Waals surface area contributed by atoms with Gasteiger partial charge in [-0.15, -0.1) is 0 Å². The quantitative estimate of drug-likeness (QED) is 0.752. The molecule has 0 spiro atoms. The number of nitrogens with one attached hydrogen (secondary N) is 1. The Bertz CT molecular complexity index is 380. The van der Waals surface area contributed by atoms with Gasteiger partial charge in [0.15, 0.2) is 0 Å². The maximum Gasteiger partial charge on any atom is 0.419 e. The van der Waals surface area contributed by atoms with Crippen LogP contribution in [0.15, 0.2) is 24.3 Å². The highest BCUT2D eigenvalue weighted by atomic mass is 19.4. The first-order chi connectivity index (χ1) is 8.91. The Balaban J connectivity index is 2.37. The maximum absolute atomic E-state index is 12.6. The normalized spacial score (nSPS) is 13.3. The Morgan fingerprint density at radius 1 is 1.32 bits per heavy atom. The summed E-state index contributed by atoms with van der Waals surface area (Å²) in [7, 11) is 0. The molecule has 0 aliphatic rings. The molecule has 0 aliphatic carbocycles. The fourth-order valence-electron chi connectivity index (χ4n) is 1.52. The van der Waals surface area contributed by atoms with Crippen molar-refractivity contribution >= 4 is 0 Å². The minimum absolute atomic E-state index is 0.148. The van der Waals surface area contributed by atoms with Crippen molar-refractivity contribution in [2.75, 3.05) is 19.7 Å². The van der Waals surface area contributed by atoms with Crippen LogP contribution < -0.4 is 10.1 Å². The first-order valence-corrected chi connectivity index (χ1v) is 6.09. The standard InChI is InChI=1S/C13H18F3NO2/c1-10(18)9-17-7-4-8-19-12-6-3-2-5-11(12)13(14,15)16/h2-3,5-6,10,17-18H,4,7-9H2,1H3/t10-/m1/s1. The first-order valence-electron chi connectivity index (χ1n) is 6.09. The van der Waals surface area contributed by atoms with Gasteiger partial charge in [-0.2, -0.15) is 13.2 Å². The number of aliphatic hydroxyl groups is 1. The third-order valence-corrected chi connectivity index (χ3v) is 2.39. The molecule has 0 fully saturated rings. The second-order valence-corrected chi connectivity index (χ2v) is 4.25. The van der Waals surface area contributed by atoms with E-state index in [9.17, 15) is 13.2 Å². The second kappa shape index (κ2) is 7.35. The van der Waals surface area contributed by atoms with E-state index in [1.807, 2.05) is 0 Å². The Hall–Kier alpha value is -1.27. The molecule has 1 aromatic carbocycles. The van der Waals surface area contributed by atoms with Crippen molar-refractivity contribution in [1.29, 1.82) is 0 Å². The maximum atomic E-state index is 12.6. The smallest absolute Gasteiger partial charge is 0.419 e. The molecule has 3 nitrogen and oxygen atoms in total. The van der Waals surface area contributed by atoms with Gasteiger partial charge in [-0.25, -0.2) is 0 Å². The van der Waals surface area contributed by atoms with E-state index in [2.05, 4.69) is 5.32 Å². The summed E-state index contributed by atoms with van der Waals surface area (Å²) in [5.41, 5.74) is -0.757. The van der Waals surface area contributed by atoms with E-state index in [0.29, 0.717) is 19.5 Å². The van der Waals surface area contributed by atoms with Crippen LogP contribution >= 0.6 is 0 Å². The number of halogens is 3. The Kier molecular flexibility index (Phi) is 6.11. The van der Waals surface area contributed by atoms with Gasteiger partial charge < -0.3 is 15.2 Å². The summed E-state index contributed by atoms with van der Waals surface area (Å²) >= 11 is 0. The molecule has 6 heteroatoms. The Labute approximate surface area is 110 Å². The monoisotopic (exact) mass is 277 g/mol. The molecular formula is C13H18F3NO2. The third-order valence-electron chi connectivity index (χ3n) is 2.39. The predicted molar refractivity (Wildman–Crippen MR) is 66.1 cm³/mol. The lowest BCUT2D eigenvalue weighted by molar-refractivity contribution is -0.138. The van der Waals surface area contributed by atoms with Crippen LogP contribution in [0.2, 0.25) is 0 Å². The topological polar surface area (TPSA) is 41.5 Å². The lowest BCUT2D eigenvalue weighted by Crippen LogP contribution is -2.26. The third kappa shape index (κ3) is 5.94. The number of hydrogen-bond donors (Lipinski definition) is 2. The number of benzene rings is 1. The number of rotatable bonds is 7. The van der Waals surface area contributed by atoms with Crippen LogP contribution in [-0.4, -0.2) is 30.9 Å². The van der Waals surface area contributed by atoms with Gasteiger partial charge in [-0.1, -0.05) is 12.1 Å². The fourth-order valence-corrected chi connectivity index (χ4v) is 1.52. The lowest BCUT2D eigenvalue weighted by atomic mass is 10.2. The molecule has 0 heterocycles. The summed E-state index contributed by atoms with van der Waals surface area (Å²) in [4.78, 5) is 0. The van der Waals surface area contributed by atoms with Gasteiger partial charge >= 0.3 is 6.18 Å². The van der Waals surface area contributed by atoms with Crippen molar-refractivity contribution < 1.29 is 23.0 Å². The van der Waals surface area contributed by atoms with Gasteiger partial charge in [0.1, 0.15) is 5.75 Å². The number of para-hydroxylation sites is 1. The Morgan fingerprint density at radius 3 is 2.63 bits per heavy atom. The highest BCUT2D eigenvalue weighted by Crippen LogP contribution is 2.35. The molecule has 0 aliphatic heterocycles. The van der Waals surface area contributed by atoms with E-state index in [4.69, 9.17) is 9.84 Å². The summed E-state index contributed by atoms with van der Waals surface area (Å²) in [6.45, 7) is 2.89. The van der Waals surface area contributed by atoms with Crippen molar-refractivity contribution in [2.45, 2.75) is 25.6 Å². The molecule has 0 saturated carbocycles. The van der Waals surface area contributed by atoms with Crippen LogP contribution in [-0.2, 0) is 6.18 Å². The molecule has 19 heavy (non-hydrogen) atoms. The summed E-state index contributed by atoms with van der Waals surface area (Å²) < 4.78 is 43.1. The molecule has 0 radical (unpaired) electrons. The van der Waals surface area contributed by atoms with E-state index >= 15 is 0 Å². The Morgan fingerprint density at radius 2 is 2.00 bits per heavy atom. The van der Waals surface area contributed by atoms with Gasteiger partial charge in [0.2, 0.25) is 0 Å². The van der Waals surface area contributed by atoms with Crippen LogP contribution in [0.4, 0.5) is 13.2 Å². The average Bonchev–Trinajstić information content (AvgIpc) is 2.32. The highest BCUT2D eigenvalue weighted by molar-refractivity contribution is 5.35. The van der Waals surface area contributed by atoms with Crippen molar-refractivity contribution in [3.05, 3.63) is 29.8 Å². The molecule has 1 rings (SSSR count). The lowest BCUT2D eigenvalue weighted by Gasteiger charge is -2.13. The van der Waals surface area contributed by atoms with E-state index in [-0.39, 0.29) is 12.4 Å². The zero-order valence-electron chi connectivity index (χ0n) is 10.7. The minimum atomic E-state index is -4.40. The van der Waals surface area contributed by atoms with Gasteiger partial charge in [-0.05, 0) is 32.0 Å². The zero-order valence-corrected chi connectivity index (χ0v) is 10.7. The van der Waals surface area contributed by atoms with Crippen LogP contribution in [0.1, 0.15) is 18.9 Å². The summed E-state index contributed by atoms with van der Waals surface area (Å²) in [5, 5.41) is 12.0. The number of ether oxygens (including phenoxy) is 1. The van der Waals surface area contributed by atoms with Crippen LogP contribution in [0, 0.1) is 0 Å². The SMILES string of the molecule is C[C@@H](O)CNCCCOc1ccccc1C(F)(F)F. The van der Waals surface area contributed by atoms with Crippen LogP contribution in [0.25, 0.3) is 0 Å². The molecule has 0 bridgehead atoms. The molecular weight excluding hydrogens is 259 g/mol. The predicted octanol–water partition coefficient (Wildman–Crippen LogP) is 2.44. The van der Waals surface area contributed by atoms with Crippen molar-refractivity contribution in [2.24, 2.45) is 0 Å². The van der Waals surface area contributed by atoms with Crippen molar-refractivity contribution in [1.82, 2.24) is 5.32 Å². The largest absolute Gasteiger partial charge is 0.493 e. The van der Waals surface area contributed by atoms with Crippen molar-refractivity contribution in [3.8, 4) is 5.75 Å². The summed E-state index contributed by atoms with van der Waals surface area (Å²) in [6.07, 6.45) is -4.27. The number of alkyl halides is 3. The minimum Gasteiger partial charge on any atom is -0.493 e. The van der Waals surface area contributed by atoms with Crippen LogP contribution in [0.5, 0.6) is 5.75 Å². The fraction of sp³-hybridized carbons (Fsp3) is 0.538. The average molecular weight is 277 g/mol. The molecule has 1 aromatic rings. The molecule has 108 valence electrons. The molecule has 0 saturated heterocycles. The molecule has 0 unspecified atom stereocenters. The zero-order chi connectivity index (χ0) is 14.3. The van der Waals surface area contributed by atoms with Crippen molar-refractivity contribution in [3.63, 3.8) is 0 Å². The molecule has 0 aromatic heterocycles. The highest BCUT2D eigenvalue weighted by Gasteiger charge is 2.33. The van der Waals surface area contributed by atoms with Gasteiger partial charge in [0.25, 0.3) is 0 Å².